The van der Waals surface area contributed by atoms with Crippen LogP contribution in [-0.2, 0) is 0 Å². The number of H-pyrrole nitrogens is 1. The van der Waals surface area contributed by atoms with E-state index >= 15 is 0 Å². The van der Waals surface area contributed by atoms with Gasteiger partial charge in [0.25, 0.3) is 5.91 Å². The summed E-state index contributed by atoms with van der Waals surface area (Å²) in [6, 6.07) is 11.5. The summed E-state index contributed by atoms with van der Waals surface area (Å²) >= 11 is 0. The number of nitrogens with one attached hydrogen (secondary N) is 1. The number of aromatic nitrogens is 3. The lowest BCUT2D eigenvalue weighted by Crippen LogP contribution is -2.12. The average Bonchev–Trinajstić information content (AvgIpc) is 3.09. The zero-order valence-electron chi connectivity index (χ0n) is 11.1. The Morgan fingerprint density at radius 3 is 2.90 bits per heavy atom. The van der Waals surface area contributed by atoms with E-state index in [0.717, 1.165) is 22.2 Å². The summed E-state index contributed by atoms with van der Waals surface area (Å²) in [7, 11) is 0. The molecule has 0 fully saturated rings. The predicted octanol–water partition coefficient (Wildman–Crippen LogP) is 2.58. The fraction of sp³-hybridized carbons (Fsp3) is 0. The van der Waals surface area contributed by atoms with E-state index in [2.05, 4.69) is 9.97 Å². The van der Waals surface area contributed by atoms with Crippen LogP contribution in [0.5, 0.6) is 0 Å². The van der Waals surface area contributed by atoms with Gasteiger partial charge in [-0.1, -0.05) is 18.2 Å². The molecule has 3 N–H and O–H groups in total. The number of nitrogens with two attached hydrogens (primary N) is 1. The molecule has 0 saturated carbocycles. The van der Waals surface area contributed by atoms with Crippen LogP contribution in [0.25, 0.3) is 27.8 Å². The quantitative estimate of drug-likeness (QED) is 0.590. The van der Waals surface area contributed by atoms with Gasteiger partial charge < -0.3 is 15.1 Å². The Kier molecular flexibility index (Phi) is 2.35. The zero-order valence-corrected chi connectivity index (χ0v) is 11.1. The number of carbonyl (C=O) groups excluding carboxylic acids is 1. The number of pyridine rings is 1. The molecule has 5 nitrogen and oxygen atoms in total. The van der Waals surface area contributed by atoms with Gasteiger partial charge in [0.1, 0.15) is 5.65 Å². The van der Waals surface area contributed by atoms with Gasteiger partial charge in [0, 0.05) is 35.1 Å². The maximum absolute atomic E-state index is 11.5. The van der Waals surface area contributed by atoms with E-state index in [4.69, 9.17) is 5.73 Å². The maximum atomic E-state index is 11.5. The van der Waals surface area contributed by atoms with E-state index < -0.39 is 5.91 Å². The minimum absolute atomic E-state index is 0.420. The Hall–Kier alpha value is -3.08. The molecular weight excluding hydrogens is 264 g/mol. The lowest BCUT2D eigenvalue weighted by atomic mass is 10.1. The molecule has 0 bridgehead atoms. The van der Waals surface area contributed by atoms with E-state index in [1.54, 1.807) is 12.1 Å². The van der Waals surface area contributed by atoms with Crippen LogP contribution in [0, 0.1) is 0 Å². The fourth-order valence-electron chi connectivity index (χ4n) is 2.62. The lowest BCUT2D eigenvalue weighted by molar-refractivity contribution is 0.100. The Morgan fingerprint density at radius 2 is 2.05 bits per heavy atom. The van der Waals surface area contributed by atoms with Crippen molar-refractivity contribution in [2.45, 2.75) is 0 Å². The molecule has 102 valence electrons. The van der Waals surface area contributed by atoms with Crippen LogP contribution in [-0.4, -0.2) is 20.3 Å². The number of nitrogens with zero attached hydrogens (tertiary/aromatic N) is 2. The third-order valence-electron chi connectivity index (χ3n) is 3.61. The molecule has 0 atom stereocenters. The van der Waals surface area contributed by atoms with Crippen molar-refractivity contribution in [2.24, 2.45) is 5.73 Å². The highest BCUT2D eigenvalue weighted by Crippen LogP contribution is 2.28. The summed E-state index contributed by atoms with van der Waals surface area (Å²) in [6.45, 7) is 0. The molecule has 4 rings (SSSR count). The van der Waals surface area contributed by atoms with Crippen molar-refractivity contribution in [1.82, 2.24) is 14.4 Å². The summed E-state index contributed by atoms with van der Waals surface area (Å²) in [4.78, 5) is 19.3. The highest BCUT2D eigenvalue weighted by molar-refractivity contribution is 6.00. The minimum atomic E-state index is -0.475. The number of hydrogen-bond acceptors (Lipinski definition) is 2. The van der Waals surface area contributed by atoms with Crippen LogP contribution in [0.3, 0.4) is 0 Å². The Bertz CT molecular complexity index is 980. The van der Waals surface area contributed by atoms with Gasteiger partial charge in [0.15, 0.2) is 0 Å². The Morgan fingerprint density at radius 1 is 1.19 bits per heavy atom. The van der Waals surface area contributed by atoms with Crippen molar-refractivity contribution in [3.63, 3.8) is 0 Å². The van der Waals surface area contributed by atoms with Crippen molar-refractivity contribution in [3.05, 3.63) is 60.6 Å². The Balaban J connectivity index is 1.99. The topological polar surface area (TPSA) is 76.2 Å². The zero-order chi connectivity index (χ0) is 14.4. The van der Waals surface area contributed by atoms with E-state index in [1.165, 1.54) is 0 Å². The molecule has 1 amide bonds. The second kappa shape index (κ2) is 4.21. The number of carbonyl (C=O) groups is 1. The summed E-state index contributed by atoms with van der Waals surface area (Å²) in [5, 5.41) is 1.10. The molecule has 0 saturated heterocycles. The van der Waals surface area contributed by atoms with Crippen molar-refractivity contribution >= 4 is 22.5 Å². The van der Waals surface area contributed by atoms with Crippen molar-refractivity contribution in [1.29, 1.82) is 0 Å². The van der Waals surface area contributed by atoms with Crippen LogP contribution < -0.4 is 5.73 Å². The van der Waals surface area contributed by atoms with Gasteiger partial charge in [0.2, 0.25) is 0 Å². The molecule has 3 heterocycles. The number of hydrogen-bond donors (Lipinski definition) is 2. The first-order valence-electron chi connectivity index (χ1n) is 6.58. The highest BCUT2D eigenvalue weighted by Gasteiger charge is 2.13. The third-order valence-corrected chi connectivity index (χ3v) is 3.61. The molecule has 1 aromatic carbocycles. The molecule has 0 radical (unpaired) electrons. The van der Waals surface area contributed by atoms with E-state index in [9.17, 15) is 4.79 Å². The smallest absolute Gasteiger partial charge is 0.252 e. The first-order valence-corrected chi connectivity index (χ1v) is 6.58. The molecule has 0 aliphatic rings. The summed E-state index contributed by atoms with van der Waals surface area (Å²) in [5.41, 5.74) is 9.26. The number of fused-ring (bicyclic) bond motifs is 2. The number of primary amides is 1. The normalized spacial score (nSPS) is 11.2. The summed E-state index contributed by atoms with van der Waals surface area (Å²) in [5.74, 6) is -0.475. The molecule has 0 unspecified atom stereocenters. The maximum Gasteiger partial charge on any atom is 0.252 e. The van der Waals surface area contributed by atoms with E-state index in [1.807, 2.05) is 47.3 Å². The monoisotopic (exact) mass is 276 g/mol. The number of amides is 1. The second-order valence-electron chi connectivity index (χ2n) is 4.89. The molecule has 3 aromatic heterocycles. The molecule has 0 aliphatic heterocycles. The molecule has 0 spiro atoms. The third kappa shape index (κ3) is 1.71. The number of para-hydroxylation sites is 1. The SMILES string of the molecule is NC(=O)c1cccn2cc(-c3c[nH]c4ccccc34)nc12. The molecule has 5 heteroatoms. The average molecular weight is 276 g/mol. The van der Waals surface area contributed by atoms with Gasteiger partial charge in [-0.2, -0.15) is 0 Å². The predicted molar refractivity (Wildman–Crippen MR) is 81.0 cm³/mol. The van der Waals surface area contributed by atoms with Crippen molar-refractivity contribution in [3.8, 4) is 11.3 Å². The van der Waals surface area contributed by atoms with Crippen LogP contribution in [0.1, 0.15) is 10.4 Å². The van der Waals surface area contributed by atoms with Crippen LogP contribution in [0.2, 0.25) is 0 Å². The van der Waals surface area contributed by atoms with Crippen LogP contribution in [0.15, 0.2) is 55.0 Å². The number of aromatic amines is 1. The number of imidazole rings is 1. The van der Waals surface area contributed by atoms with Crippen molar-refractivity contribution < 1.29 is 4.79 Å². The molecule has 21 heavy (non-hydrogen) atoms. The van der Waals surface area contributed by atoms with Gasteiger partial charge in [-0.15, -0.1) is 0 Å². The summed E-state index contributed by atoms with van der Waals surface area (Å²) < 4.78 is 1.82. The number of benzene rings is 1. The largest absolute Gasteiger partial charge is 0.365 e. The van der Waals surface area contributed by atoms with Crippen LogP contribution in [0.4, 0.5) is 0 Å². The first-order chi connectivity index (χ1) is 10.2. The van der Waals surface area contributed by atoms with E-state index in [0.29, 0.717) is 11.2 Å². The standard InChI is InChI=1S/C16H12N4O/c17-15(21)11-5-3-7-20-9-14(19-16(11)20)12-8-18-13-6-2-1-4-10(12)13/h1-9,18H,(H2,17,21). The van der Waals surface area contributed by atoms with E-state index in [-0.39, 0.29) is 0 Å². The molecule has 4 aromatic rings. The lowest BCUT2D eigenvalue weighted by Gasteiger charge is -1.97. The molecular formula is C16H12N4O. The van der Waals surface area contributed by atoms with Gasteiger partial charge in [-0.25, -0.2) is 4.98 Å². The Labute approximate surface area is 120 Å². The second-order valence-corrected chi connectivity index (χ2v) is 4.89. The van der Waals surface area contributed by atoms with Crippen molar-refractivity contribution in [2.75, 3.05) is 0 Å². The summed E-state index contributed by atoms with van der Waals surface area (Å²) in [6.07, 6.45) is 5.68. The van der Waals surface area contributed by atoms with Gasteiger partial charge in [0.05, 0.1) is 11.3 Å². The van der Waals surface area contributed by atoms with Gasteiger partial charge in [-0.3, -0.25) is 4.79 Å². The fourth-order valence-corrected chi connectivity index (χ4v) is 2.62. The van der Waals surface area contributed by atoms with Crippen LogP contribution >= 0.6 is 0 Å². The molecule has 0 aliphatic carbocycles. The van der Waals surface area contributed by atoms with Gasteiger partial charge >= 0.3 is 0 Å². The first kappa shape index (κ1) is 11.7. The van der Waals surface area contributed by atoms with Gasteiger partial charge in [-0.05, 0) is 18.2 Å². The number of rotatable bonds is 2. The highest BCUT2D eigenvalue weighted by atomic mass is 16.1. The minimum Gasteiger partial charge on any atom is -0.365 e.